The van der Waals surface area contributed by atoms with Crippen LogP contribution in [-0.2, 0) is 23.1 Å². The minimum atomic E-state index is -3.62. The van der Waals surface area contributed by atoms with E-state index in [-0.39, 0.29) is 29.3 Å². The van der Waals surface area contributed by atoms with Gasteiger partial charge < -0.3 is 9.84 Å². The Balaban J connectivity index is 2.15. The van der Waals surface area contributed by atoms with Crippen LogP contribution in [0.3, 0.4) is 0 Å². The van der Waals surface area contributed by atoms with Crippen LogP contribution in [0.25, 0.3) is 0 Å². The zero-order valence-corrected chi connectivity index (χ0v) is 16.8. The number of hydrogen-bond donors (Lipinski definition) is 2. The van der Waals surface area contributed by atoms with E-state index in [0.29, 0.717) is 17.7 Å². The van der Waals surface area contributed by atoms with Gasteiger partial charge in [0.1, 0.15) is 18.1 Å². The summed E-state index contributed by atoms with van der Waals surface area (Å²) in [6.45, 7) is 3.54. The molecule has 2 rings (SSSR count). The molecule has 0 aliphatic heterocycles. The smallest absolute Gasteiger partial charge is 0.264 e. The molecule has 2 aromatic carbocycles. The highest BCUT2D eigenvalue weighted by molar-refractivity contribution is 7.89. The monoisotopic (exact) mass is 405 g/mol. The summed E-state index contributed by atoms with van der Waals surface area (Å²) >= 11 is 0. The first kappa shape index (κ1) is 21.4. The predicted molar refractivity (Wildman–Crippen MR) is 105 cm³/mol. The molecular formula is C20H23NO6S. The van der Waals surface area contributed by atoms with E-state index < -0.39 is 15.9 Å². The van der Waals surface area contributed by atoms with Crippen LogP contribution in [0.1, 0.15) is 52.1 Å². The number of carbonyl (C=O) groups is 2. The number of ketones is 1. The number of phenols is 1. The molecule has 7 nitrogen and oxygen atoms in total. The molecular weight excluding hydrogens is 382 g/mol. The van der Waals surface area contributed by atoms with E-state index in [1.54, 1.807) is 18.2 Å². The quantitative estimate of drug-likeness (QED) is 0.654. The van der Waals surface area contributed by atoms with E-state index in [0.717, 1.165) is 18.2 Å². The zero-order valence-electron chi connectivity index (χ0n) is 16.0. The number of phenolic OH excluding ortho intramolecular Hbond substituents is 1. The molecule has 28 heavy (non-hydrogen) atoms. The molecule has 0 saturated heterocycles. The van der Waals surface area contributed by atoms with Gasteiger partial charge in [0.15, 0.2) is 5.78 Å². The van der Waals surface area contributed by atoms with Crippen molar-refractivity contribution in [1.82, 2.24) is 4.72 Å². The van der Waals surface area contributed by atoms with E-state index in [4.69, 9.17) is 4.74 Å². The maximum Gasteiger partial charge on any atom is 0.264 e. The Bertz CT molecular complexity index is 981. The van der Waals surface area contributed by atoms with Crippen LogP contribution in [0, 0.1) is 0 Å². The Morgan fingerprint density at radius 2 is 1.75 bits per heavy atom. The average Bonchev–Trinajstić information content (AvgIpc) is 2.61. The number of amides is 1. The highest BCUT2D eigenvalue weighted by Crippen LogP contribution is 2.33. The number of carbonyl (C=O) groups excluding carboxylic acids is 2. The lowest BCUT2D eigenvalue weighted by atomic mass is 10.0. The lowest BCUT2D eigenvalue weighted by Gasteiger charge is -2.15. The molecule has 0 aromatic heterocycles. The van der Waals surface area contributed by atoms with E-state index >= 15 is 0 Å². The predicted octanol–water partition coefficient (Wildman–Crippen LogP) is 2.82. The minimum absolute atomic E-state index is 0.0559. The van der Waals surface area contributed by atoms with Crippen molar-refractivity contribution in [1.29, 1.82) is 0 Å². The third kappa shape index (κ3) is 5.56. The van der Waals surface area contributed by atoms with Gasteiger partial charge in [-0.3, -0.25) is 9.59 Å². The van der Waals surface area contributed by atoms with Crippen molar-refractivity contribution in [2.45, 2.75) is 33.3 Å². The molecule has 0 atom stereocenters. The van der Waals surface area contributed by atoms with Crippen LogP contribution in [0.2, 0.25) is 0 Å². The summed E-state index contributed by atoms with van der Waals surface area (Å²) in [6, 6.07) is 9.51. The van der Waals surface area contributed by atoms with E-state index in [2.05, 4.69) is 0 Å². The summed E-state index contributed by atoms with van der Waals surface area (Å²) in [5.41, 5.74) is 1.81. The molecule has 0 bridgehead atoms. The molecule has 0 aliphatic carbocycles. The largest absolute Gasteiger partial charge is 0.507 e. The second-order valence-corrected chi connectivity index (χ2v) is 8.18. The van der Waals surface area contributed by atoms with Crippen LogP contribution >= 0.6 is 0 Å². The molecule has 0 aliphatic rings. The molecule has 0 fully saturated rings. The van der Waals surface area contributed by atoms with Crippen LogP contribution in [-0.4, -0.2) is 31.5 Å². The van der Waals surface area contributed by atoms with Gasteiger partial charge >= 0.3 is 0 Å². The molecule has 0 saturated carbocycles. The van der Waals surface area contributed by atoms with Crippen molar-refractivity contribution >= 4 is 21.7 Å². The Morgan fingerprint density at radius 3 is 2.29 bits per heavy atom. The van der Waals surface area contributed by atoms with Crippen LogP contribution < -0.4 is 9.46 Å². The fourth-order valence-corrected chi connectivity index (χ4v) is 3.12. The third-order valence-electron chi connectivity index (χ3n) is 4.01. The van der Waals surface area contributed by atoms with Gasteiger partial charge in [-0.25, -0.2) is 13.1 Å². The zero-order chi connectivity index (χ0) is 20.9. The molecule has 0 radical (unpaired) electrons. The summed E-state index contributed by atoms with van der Waals surface area (Å²) < 4.78 is 30.0. The molecule has 2 aromatic rings. The summed E-state index contributed by atoms with van der Waals surface area (Å²) in [7, 11) is -3.62. The van der Waals surface area contributed by atoms with Crippen molar-refractivity contribution in [2.75, 3.05) is 6.26 Å². The molecule has 0 unspecified atom stereocenters. The van der Waals surface area contributed by atoms with Crippen LogP contribution in [0.4, 0.5) is 0 Å². The normalized spacial score (nSPS) is 11.1. The van der Waals surface area contributed by atoms with Crippen molar-refractivity contribution in [3.05, 3.63) is 58.7 Å². The van der Waals surface area contributed by atoms with Gasteiger partial charge in [-0.05, 0) is 43.2 Å². The summed E-state index contributed by atoms with van der Waals surface area (Å²) in [4.78, 5) is 23.4. The fraction of sp³-hybridized carbons (Fsp3) is 0.300. The second kappa shape index (κ2) is 8.88. The third-order valence-corrected chi connectivity index (χ3v) is 4.56. The van der Waals surface area contributed by atoms with Crippen molar-refractivity contribution in [3.63, 3.8) is 0 Å². The highest BCUT2D eigenvalue weighted by Gasteiger charge is 2.16. The average molecular weight is 405 g/mol. The van der Waals surface area contributed by atoms with Crippen molar-refractivity contribution in [2.24, 2.45) is 0 Å². The molecule has 2 N–H and O–H groups in total. The van der Waals surface area contributed by atoms with Gasteiger partial charge in [0.05, 0.1) is 11.8 Å². The number of aromatic hydroxyl groups is 1. The van der Waals surface area contributed by atoms with Gasteiger partial charge in [-0.15, -0.1) is 0 Å². The molecule has 8 heteroatoms. The molecule has 0 spiro atoms. The highest BCUT2D eigenvalue weighted by atomic mass is 32.2. The first-order valence-corrected chi connectivity index (χ1v) is 10.6. The number of rotatable bonds is 8. The standard InChI is InChI=1S/C20H23NO6S/c1-4-5-17-18(11-10-16(13(2)22)19(17)23)27-12-14-6-8-15(9-7-14)20(24)21-28(3,25)26/h6-11,23H,4-5,12H2,1-3H3,(H,21,24). The summed E-state index contributed by atoms with van der Waals surface area (Å²) in [6.07, 6.45) is 2.25. The number of hydrogen-bond acceptors (Lipinski definition) is 6. The first-order chi connectivity index (χ1) is 13.1. The Morgan fingerprint density at radius 1 is 1.11 bits per heavy atom. The van der Waals surface area contributed by atoms with Crippen LogP contribution in [0.5, 0.6) is 11.5 Å². The minimum Gasteiger partial charge on any atom is -0.507 e. The number of sulfonamides is 1. The number of Topliss-reactive ketones (excluding diaryl/α,β-unsaturated/α-hetero) is 1. The molecule has 150 valence electrons. The van der Waals surface area contributed by atoms with Gasteiger partial charge in [-0.2, -0.15) is 0 Å². The van der Waals surface area contributed by atoms with Crippen LogP contribution in [0.15, 0.2) is 36.4 Å². The number of ether oxygens (including phenoxy) is 1. The lowest BCUT2D eigenvalue weighted by molar-refractivity contribution is 0.0979. The van der Waals surface area contributed by atoms with Crippen molar-refractivity contribution in [3.8, 4) is 11.5 Å². The summed E-state index contributed by atoms with van der Waals surface area (Å²) in [5.74, 6) is -0.489. The fourth-order valence-electron chi connectivity index (χ4n) is 2.67. The maximum atomic E-state index is 11.8. The lowest BCUT2D eigenvalue weighted by Crippen LogP contribution is -2.29. The Hall–Kier alpha value is -2.87. The molecule has 0 heterocycles. The molecule has 1 amide bonds. The van der Waals surface area contributed by atoms with Gasteiger partial charge in [0.25, 0.3) is 5.91 Å². The van der Waals surface area contributed by atoms with Gasteiger partial charge in [-0.1, -0.05) is 25.5 Å². The number of benzene rings is 2. The summed E-state index contributed by atoms with van der Waals surface area (Å²) in [5, 5.41) is 10.4. The number of nitrogens with one attached hydrogen (secondary N) is 1. The van der Waals surface area contributed by atoms with Crippen molar-refractivity contribution < 1.29 is 27.9 Å². The van der Waals surface area contributed by atoms with E-state index in [9.17, 15) is 23.1 Å². The second-order valence-electron chi connectivity index (χ2n) is 6.43. The van der Waals surface area contributed by atoms with Gasteiger partial charge in [0.2, 0.25) is 10.0 Å². The van der Waals surface area contributed by atoms with Gasteiger partial charge in [0, 0.05) is 11.1 Å². The first-order valence-electron chi connectivity index (χ1n) is 8.72. The SMILES string of the molecule is CCCc1c(OCc2ccc(C(=O)NS(C)(=O)=O)cc2)ccc(C(C)=O)c1O. The topological polar surface area (TPSA) is 110 Å². The maximum absolute atomic E-state index is 11.8. The van der Waals surface area contributed by atoms with E-state index in [1.807, 2.05) is 11.6 Å². The Labute approximate surface area is 164 Å². The Kier molecular flexibility index (Phi) is 6.80. The van der Waals surface area contributed by atoms with E-state index in [1.165, 1.54) is 25.1 Å².